The van der Waals surface area contributed by atoms with Gasteiger partial charge in [-0.15, -0.1) is 0 Å². The summed E-state index contributed by atoms with van der Waals surface area (Å²) in [5, 5.41) is 14.3. The number of nitrogens with one attached hydrogen (secondary N) is 1. The fourth-order valence-electron chi connectivity index (χ4n) is 3.38. The van der Waals surface area contributed by atoms with Crippen molar-refractivity contribution >= 4 is 91.6 Å². The Morgan fingerprint density at radius 3 is 2.67 bits per heavy atom. The van der Waals surface area contributed by atoms with Gasteiger partial charge in [0.05, 0.1) is 10.6 Å². The molecule has 0 bridgehead atoms. The van der Waals surface area contributed by atoms with Gasteiger partial charge in [-0.25, -0.2) is 9.97 Å². The molecule has 0 atom stereocenters. The molecule has 0 aliphatic carbocycles. The number of fused-ring (bicyclic) bond motifs is 1. The van der Waals surface area contributed by atoms with Crippen molar-refractivity contribution < 1.29 is 14.5 Å². The van der Waals surface area contributed by atoms with Crippen LogP contribution in [-0.2, 0) is 9.59 Å². The number of benzene rings is 2. The van der Waals surface area contributed by atoms with Gasteiger partial charge in [-0.2, -0.15) is 0 Å². The Labute approximate surface area is 222 Å². The predicted molar refractivity (Wildman–Crippen MR) is 142 cm³/mol. The number of halogens is 1. The van der Waals surface area contributed by atoms with Crippen LogP contribution in [0.5, 0.6) is 0 Å². The average Bonchev–Trinajstić information content (AvgIpc) is 3.26. The number of nitrogens with zero attached hydrogens (tertiary/aromatic N) is 4. The fourth-order valence-corrected chi connectivity index (χ4v) is 5.81. The molecule has 0 spiro atoms. The lowest BCUT2D eigenvalue weighted by Crippen LogP contribution is -2.54. The normalized spacial score (nSPS) is 15.0. The second-order valence-corrected chi connectivity index (χ2v) is 10.4. The molecule has 0 radical (unpaired) electrons. The first kappa shape index (κ1) is 24.0. The first-order valence-corrected chi connectivity index (χ1v) is 12.6. The van der Waals surface area contributed by atoms with Gasteiger partial charge in [0.1, 0.15) is 15.9 Å². The first-order valence-electron chi connectivity index (χ1n) is 10.1. The van der Waals surface area contributed by atoms with Crippen LogP contribution in [0.2, 0.25) is 5.02 Å². The molecule has 1 aliphatic rings. The van der Waals surface area contributed by atoms with Crippen molar-refractivity contribution in [3.63, 3.8) is 0 Å². The third-order valence-electron chi connectivity index (χ3n) is 5.03. The summed E-state index contributed by atoms with van der Waals surface area (Å²) in [6.07, 6.45) is 2.99. The Balaban J connectivity index is 1.57. The Morgan fingerprint density at radius 2 is 1.94 bits per heavy atom. The summed E-state index contributed by atoms with van der Waals surface area (Å²) in [4.78, 5) is 48.3. The van der Waals surface area contributed by atoms with Gasteiger partial charge in [0, 0.05) is 28.2 Å². The number of thiazole rings is 1. The maximum atomic E-state index is 13.4. The number of rotatable bonds is 5. The highest BCUT2D eigenvalue weighted by Crippen LogP contribution is 2.37. The van der Waals surface area contributed by atoms with E-state index in [9.17, 15) is 19.7 Å². The summed E-state index contributed by atoms with van der Waals surface area (Å²) in [7, 11) is 0. The van der Waals surface area contributed by atoms with Crippen LogP contribution in [0.3, 0.4) is 0 Å². The monoisotopic (exact) mass is 553 g/mol. The maximum Gasteiger partial charge on any atom is 0.270 e. The number of carbonyl (C=O) groups is 2. The van der Waals surface area contributed by atoms with E-state index in [2.05, 4.69) is 15.3 Å². The van der Waals surface area contributed by atoms with Gasteiger partial charge >= 0.3 is 0 Å². The SMILES string of the molecule is O=C1NC(=S)N(c2ccc(Cl)cc2)C(=O)C1=Cc1cc([N+](=O)[O-])ccc1Sc1nc2cccnc2s1. The van der Waals surface area contributed by atoms with Gasteiger partial charge in [0.25, 0.3) is 17.5 Å². The molecule has 13 heteroatoms. The standard InChI is InChI=1S/C23H12ClN5O4S3/c24-13-3-5-14(6-4-13)28-21(31)16(19(30)27-22(28)34)11-12-10-15(29(32)33)7-8-18(12)35-23-26-17-2-1-9-25-20(17)36-23/h1-11H,(H,27,30,34). The van der Waals surface area contributed by atoms with Crippen LogP contribution < -0.4 is 10.2 Å². The highest BCUT2D eigenvalue weighted by atomic mass is 35.5. The summed E-state index contributed by atoms with van der Waals surface area (Å²) >= 11 is 13.8. The molecular formula is C23H12ClN5O4S3. The van der Waals surface area contributed by atoms with Crippen molar-refractivity contribution in [1.29, 1.82) is 0 Å². The van der Waals surface area contributed by atoms with Gasteiger partial charge in [0.15, 0.2) is 9.45 Å². The summed E-state index contributed by atoms with van der Waals surface area (Å²) in [5.74, 6) is -1.38. The Kier molecular flexibility index (Phi) is 6.49. The second kappa shape index (κ2) is 9.74. The summed E-state index contributed by atoms with van der Waals surface area (Å²) in [6, 6.07) is 14.2. The van der Waals surface area contributed by atoms with Crippen molar-refractivity contribution in [3.05, 3.63) is 87.1 Å². The molecule has 2 amide bonds. The Morgan fingerprint density at radius 1 is 1.17 bits per heavy atom. The maximum absolute atomic E-state index is 13.4. The number of hydrogen-bond donors (Lipinski definition) is 1. The number of hydrogen-bond acceptors (Lipinski definition) is 9. The number of pyridine rings is 1. The zero-order valence-corrected chi connectivity index (χ0v) is 21.1. The van der Waals surface area contributed by atoms with Crippen molar-refractivity contribution in [2.45, 2.75) is 9.24 Å². The number of nitro groups is 1. The molecule has 1 aliphatic heterocycles. The summed E-state index contributed by atoms with van der Waals surface area (Å²) in [6.45, 7) is 0. The lowest BCUT2D eigenvalue weighted by Gasteiger charge is -2.29. The second-order valence-electron chi connectivity index (χ2n) is 7.32. The molecule has 1 saturated heterocycles. The topological polar surface area (TPSA) is 118 Å². The van der Waals surface area contributed by atoms with Gasteiger partial charge in [-0.3, -0.25) is 29.9 Å². The van der Waals surface area contributed by atoms with Crippen LogP contribution in [0.1, 0.15) is 5.56 Å². The van der Waals surface area contributed by atoms with E-state index in [1.54, 1.807) is 42.6 Å². The van der Waals surface area contributed by atoms with E-state index in [0.717, 1.165) is 10.3 Å². The quantitative estimate of drug-likeness (QED) is 0.117. The number of aromatic nitrogens is 2. The number of anilines is 1. The number of amides is 2. The lowest BCUT2D eigenvalue weighted by atomic mass is 10.1. The van der Waals surface area contributed by atoms with Gasteiger partial charge in [0.2, 0.25) is 0 Å². The number of thiocarbonyl (C=S) groups is 1. The smallest absolute Gasteiger partial charge is 0.270 e. The molecule has 4 aromatic rings. The molecule has 0 saturated carbocycles. The lowest BCUT2D eigenvalue weighted by molar-refractivity contribution is -0.384. The molecule has 36 heavy (non-hydrogen) atoms. The molecule has 5 rings (SSSR count). The highest BCUT2D eigenvalue weighted by molar-refractivity contribution is 8.01. The van der Waals surface area contributed by atoms with E-state index in [4.69, 9.17) is 23.8 Å². The van der Waals surface area contributed by atoms with Crippen LogP contribution in [-0.4, -0.2) is 31.8 Å². The molecule has 178 valence electrons. The van der Waals surface area contributed by atoms with Crippen molar-refractivity contribution in [2.75, 3.05) is 4.90 Å². The fraction of sp³-hybridized carbons (Fsp3) is 0. The molecule has 2 aromatic carbocycles. The van der Waals surface area contributed by atoms with Crippen LogP contribution in [0.25, 0.3) is 16.4 Å². The Hall–Kier alpha value is -3.71. The third-order valence-corrected chi connectivity index (χ3v) is 7.70. The number of non-ortho nitro benzene ring substituents is 1. The van der Waals surface area contributed by atoms with Gasteiger partial charge in [-0.05, 0) is 66.3 Å². The number of nitro benzene ring substituents is 1. The van der Waals surface area contributed by atoms with Crippen molar-refractivity contribution in [2.24, 2.45) is 0 Å². The molecule has 3 heterocycles. The van der Waals surface area contributed by atoms with E-state index >= 15 is 0 Å². The van der Waals surface area contributed by atoms with Gasteiger partial charge < -0.3 is 0 Å². The third kappa shape index (κ3) is 4.71. The van der Waals surface area contributed by atoms with Crippen LogP contribution in [0, 0.1) is 10.1 Å². The zero-order chi connectivity index (χ0) is 25.4. The molecule has 2 aromatic heterocycles. The average molecular weight is 554 g/mol. The van der Waals surface area contributed by atoms with Crippen LogP contribution in [0.15, 0.2) is 75.6 Å². The van der Waals surface area contributed by atoms with E-state index in [-0.39, 0.29) is 16.4 Å². The van der Waals surface area contributed by atoms with Gasteiger partial charge in [-0.1, -0.05) is 34.7 Å². The molecular weight excluding hydrogens is 542 g/mol. The predicted octanol–water partition coefficient (Wildman–Crippen LogP) is 5.24. The van der Waals surface area contributed by atoms with E-state index in [1.165, 1.54) is 46.2 Å². The first-order chi connectivity index (χ1) is 17.3. The largest absolute Gasteiger partial charge is 0.298 e. The minimum atomic E-state index is -0.707. The summed E-state index contributed by atoms with van der Waals surface area (Å²) in [5.41, 5.74) is 1.03. The van der Waals surface area contributed by atoms with Crippen LogP contribution >= 0.6 is 46.9 Å². The van der Waals surface area contributed by atoms with E-state index in [1.807, 2.05) is 6.07 Å². The molecule has 9 nitrogen and oxygen atoms in total. The van der Waals surface area contributed by atoms with E-state index in [0.29, 0.717) is 25.5 Å². The highest BCUT2D eigenvalue weighted by Gasteiger charge is 2.34. The van der Waals surface area contributed by atoms with Crippen LogP contribution in [0.4, 0.5) is 11.4 Å². The molecule has 0 unspecified atom stereocenters. The van der Waals surface area contributed by atoms with E-state index < -0.39 is 16.7 Å². The zero-order valence-electron chi connectivity index (χ0n) is 17.9. The molecule has 1 fully saturated rings. The minimum absolute atomic E-state index is 0.0833. The molecule has 1 N–H and O–H groups in total. The Bertz CT molecular complexity index is 1570. The minimum Gasteiger partial charge on any atom is -0.298 e. The summed E-state index contributed by atoms with van der Waals surface area (Å²) < 4.78 is 0.653. The van der Waals surface area contributed by atoms with Crippen molar-refractivity contribution in [1.82, 2.24) is 15.3 Å². The number of carbonyl (C=O) groups excluding carboxylic acids is 2. The van der Waals surface area contributed by atoms with Crippen molar-refractivity contribution in [3.8, 4) is 0 Å².